The van der Waals surface area contributed by atoms with E-state index in [2.05, 4.69) is 10.1 Å². The summed E-state index contributed by atoms with van der Waals surface area (Å²) in [4.78, 5) is 31.3. The second-order valence-corrected chi connectivity index (χ2v) is 7.79. The highest BCUT2D eigenvalue weighted by Crippen LogP contribution is 2.23. The summed E-state index contributed by atoms with van der Waals surface area (Å²) in [5.74, 6) is -0.430. The topological polar surface area (TPSA) is 77.3 Å². The van der Waals surface area contributed by atoms with Crippen LogP contribution in [-0.4, -0.2) is 50.7 Å². The predicted molar refractivity (Wildman–Crippen MR) is 110 cm³/mol. The third-order valence-corrected chi connectivity index (χ3v) is 5.56. The number of likely N-dealkylation sites (N-methyl/N-ethyl adjacent to an activating group) is 1. The van der Waals surface area contributed by atoms with Crippen molar-refractivity contribution >= 4 is 23.5 Å². The third kappa shape index (κ3) is 4.96. The zero-order valence-electron chi connectivity index (χ0n) is 17.2. The molecule has 3 rings (SSSR count). The lowest BCUT2D eigenvalue weighted by Crippen LogP contribution is -2.43. The summed E-state index contributed by atoms with van der Waals surface area (Å²) in [7, 11) is 0. The summed E-state index contributed by atoms with van der Waals surface area (Å²) < 4.78 is 6.90. The molecule has 0 unspecified atom stereocenters. The summed E-state index contributed by atoms with van der Waals surface area (Å²) in [5, 5.41) is 4.54. The van der Waals surface area contributed by atoms with E-state index in [1.54, 1.807) is 16.8 Å². The first kappa shape index (κ1) is 21.3. The van der Waals surface area contributed by atoms with Gasteiger partial charge in [-0.15, -0.1) is 0 Å². The Bertz CT molecular complexity index is 890. The monoisotopic (exact) mass is 418 g/mol. The van der Waals surface area contributed by atoms with Gasteiger partial charge in [-0.2, -0.15) is 5.10 Å². The van der Waals surface area contributed by atoms with E-state index in [1.807, 2.05) is 31.7 Å². The van der Waals surface area contributed by atoms with Crippen LogP contribution >= 0.6 is 11.6 Å². The normalized spacial score (nSPS) is 14.6. The van der Waals surface area contributed by atoms with Gasteiger partial charge in [0.05, 0.1) is 10.7 Å². The summed E-state index contributed by atoms with van der Waals surface area (Å²) in [6, 6.07) is 5.42. The minimum Gasteiger partial charge on any atom is -0.451 e. The molecule has 0 aliphatic heterocycles. The SMILES string of the molecule is CCN(C(=O)COC(=O)c1nc(-n2nc(C)cc2C)ccc1Cl)C1CCCCC1. The van der Waals surface area contributed by atoms with Gasteiger partial charge in [0.25, 0.3) is 5.91 Å². The molecule has 0 radical (unpaired) electrons. The van der Waals surface area contributed by atoms with Crippen molar-refractivity contribution < 1.29 is 14.3 Å². The molecule has 1 aliphatic rings. The van der Waals surface area contributed by atoms with Crippen LogP contribution in [0.5, 0.6) is 0 Å². The number of ether oxygens (including phenoxy) is 1. The van der Waals surface area contributed by atoms with Gasteiger partial charge in [-0.05, 0) is 51.8 Å². The van der Waals surface area contributed by atoms with Crippen molar-refractivity contribution in [2.75, 3.05) is 13.2 Å². The van der Waals surface area contributed by atoms with Gasteiger partial charge in [0.2, 0.25) is 0 Å². The first-order valence-electron chi connectivity index (χ1n) is 10.1. The van der Waals surface area contributed by atoms with E-state index in [-0.39, 0.29) is 29.3 Å². The number of esters is 1. The number of nitrogens with zero attached hydrogens (tertiary/aromatic N) is 4. The number of carbonyl (C=O) groups excluding carboxylic acids is 2. The molecule has 1 amide bonds. The predicted octanol–water partition coefficient (Wildman–Crippen LogP) is 3.88. The van der Waals surface area contributed by atoms with E-state index in [0.717, 1.165) is 37.1 Å². The molecule has 0 saturated heterocycles. The Morgan fingerprint density at radius 3 is 2.59 bits per heavy atom. The fourth-order valence-electron chi connectivity index (χ4n) is 3.86. The molecule has 0 atom stereocenters. The second-order valence-electron chi connectivity index (χ2n) is 7.39. The summed E-state index contributed by atoms with van der Waals surface area (Å²) in [6.07, 6.45) is 5.49. The van der Waals surface area contributed by atoms with E-state index in [1.165, 1.54) is 6.42 Å². The number of hydrogen-bond acceptors (Lipinski definition) is 5. The van der Waals surface area contributed by atoms with Gasteiger partial charge in [0.1, 0.15) is 0 Å². The largest absolute Gasteiger partial charge is 0.451 e. The van der Waals surface area contributed by atoms with Crippen LogP contribution in [0.4, 0.5) is 0 Å². The standard InChI is InChI=1S/C21H27ClN4O3/c1-4-25(16-8-6-5-7-9-16)19(27)13-29-21(28)20-17(22)10-11-18(23-20)26-15(3)12-14(2)24-26/h10-12,16H,4-9,13H2,1-3H3. The highest BCUT2D eigenvalue weighted by atomic mass is 35.5. The first-order valence-corrected chi connectivity index (χ1v) is 10.4. The van der Waals surface area contributed by atoms with E-state index in [4.69, 9.17) is 16.3 Å². The highest BCUT2D eigenvalue weighted by Gasteiger charge is 2.25. The Balaban J connectivity index is 1.69. The van der Waals surface area contributed by atoms with Gasteiger partial charge in [0.15, 0.2) is 18.1 Å². The van der Waals surface area contributed by atoms with Gasteiger partial charge in [-0.3, -0.25) is 4.79 Å². The minimum atomic E-state index is -0.716. The molecule has 7 nitrogen and oxygen atoms in total. The van der Waals surface area contributed by atoms with Gasteiger partial charge < -0.3 is 9.64 Å². The van der Waals surface area contributed by atoms with E-state index >= 15 is 0 Å². The molecule has 2 heterocycles. The van der Waals surface area contributed by atoms with Crippen molar-refractivity contribution in [1.29, 1.82) is 0 Å². The first-order chi connectivity index (χ1) is 13.9. The van der Waals surface area contributed by atoms with Crippen molar-refractivity contribution in [3.8, 4) is 5.82 Å². The molecule has 1 fully saturated rings. The average molecular weight is 419 g/mol. The van der Waals surface area contributed by atoms with Crippen LogP contribution < -0.4 is 0 Å². The number of pyridine rings is 1. The number of amides is 1. The van der Waals surface area contributed by atoms with Crippen LogP contribution in [0, 0.1) is 13.8 Å². The van der Waals surface area contributed by atoms with Gasteiger partial charge in [-0.25, -0.2) is 14.5 Å². The molecule has 8 heteroatoms. The van der Waals surface area contributed by atoms with Crippen LogP contribution in [0.2, 0.25) is 5.02 Å². The molecular formula is C21H27ClN4O3. The van der Waals surface area contributed by atoms with Crippen molar-refractivity contribution in [3.63, 3.8) is 0 Å². The molecule has 0 bridgehead atoms. The Kier molecular flexibility index (Phi) is 6.90. The smallest absolute Gasteiger partial charge is 0.359 e. The Morgan fingerprint density at radius 1 is 1.24 bits per heavy atom. The molecule has 1 saturated carbocycles. The zero-order chi connectivity index (χ0) is 21.0. The molecular weight excluding hydrogens is 392 g/mol. The maximum absolute atomic E-state index is 12.6. The van der Waals surface area contributed by atoms with Crippen LogP contribution in [0.3, 0.4) is 0 Å². The third-order valence-electron chi connectivity index (χ3n) is 5.25. The lowest BCUT2D eigenvalue weighted by atomic mass is 9.94. The molecule has 29 heavy (non-hydrogen) atoms. The molecule has 1 aliphatic carbocycles. The molecule has 0 N–H and O–H groups in total. The maximum Gasteiger partial charge on any atom is 0.359 e. The van der Waals surface area contributed by atoms with Crippen molar-refractivity contribution in [2.45, 2.75) is 58.9 Å². The zero-order valence-corrected chi connectivity index (χ0v) is 17.9. The van der Waals surface area contributed by atoms with Gasteiger partial charge in [0, 0.05) is 18.3 Å². The second kappa shape index (κ2) is 9.39. The fourth-order valence-corrected chi connectivity index (χ4v) is 4.05. The number of aromatic nitrogens is 3. The van der Waals surface area contributed by atoms with Crippen LogP contribution in [-0.2, 0) is 9.53 Å². The van der Waals surface area contributed by atoms with Crippen LogP contribution in [0.15, 0.2) is 18.2 Å². The van der Waals surface area contributed by atoms with Gasteiger partial charge >= 0.3 is 5.97 Å². The van der Waals surface area contributed by atoms with Crippen molar-refractivity contribution in [3.05, 3.63) is 40.3 Å². The summed E-state index contributed by atoms with van der Waals surface area (Å²) in [5.41, 5.74) is 1.71. The Labute approximate surface area is 176 Å². The molecule has 2 aromatic heterocycles. The number of rotatable bonds is 6. The number of carbonyl (C=O) groups is 2. The van der Waals surface area contributed by atoms with E-state index in [0.29, 0.717) is 12.4 Å². The Morgan fingerprint density at radius 2 is 1.97 bits per heavy atom. The van der Waals surface area contributed by atoms with Crippen LogP contribution in [0.25, 0.3) is 5.82 Å². The number of aryl methyl sites for hydroxylation is 2. The minimum absolute atomic E-state index is 0.0229. The lowest BCUT2D eigenvalue weighted by Gasteiger charge is -2.33. The average Bonchev–Trinajstić information content (AvgIpc) is 3.06. The van der Waals surface area contributed by atoms with Crippen molar-refractivity contribution in [2.24, 2.45) is 0 Å². The highest BCUT2D eigenvalue weighted by molar-refractivity contribution is 6.33. The fraction of sp³-hybridized carbons (Fsp3) is 0.524. The number of hydrogen-bond donors (Lipinski definition) is 0. The summed E-state index contributed by atoms with van der Waals surface area (Å²) >= 11 is 6.16. The lowest BCUT2D eigenvalue weighted by molar-refractivity contribution is -0.137. The van der Waals surface area contributed by atoms with Crippen LogP contribution in [0.1, 0.15) is 60.9 Å². The molecule has 0 spiro atoms. The van der Waals surface area contributed by atoms with E-state index in [9.17, 15) is 9.59 Å². The Hall–Kier alpha value is -2.41. The van der Waals surface area contributed by atoms with Crippen molar-refractivity contribution in [1.82, 2.24) is 19.7 Å². The van der Waals surface area contributed by atoms with E-state index < -0.39 is 5.97 Å². The quantitative estimate of drug-likeness (QED) is 0.665. The molecule has 0 aromatic carbocycles. The molecule has 2 aromatic rings. The number of halogens is 1. The molecule has 156 valence electrons. The maximum atomic E-state index is 12.6. The van der Waals surface area contributed by atoms with Gasteiger partial charge in [-0.1, -0.05) is 30.9 Å². The summed E-state index contributed by atoms with van der Waals surface area (Å²) in [6.45, 7) is 6.02.